The van der Waals surface area contributed by atoms with E-state index in [1.165, 1.54) is 34.4 Å². The number of phenolic OH excluding ortho intramolecular Hbond substituents is 5. The van der Waals surface area contributed by atoms with E-state index in [1.54, 1.807) is 18.2 Å². The quantitative estimate of drug-likeness (QED) is 0.0817. The van der Waals surface area contributed by atoms with E-state index in [1.807, 2.05) is 94.4 Å². The molecule has 12 nitrogen and oxygen atoms in total. The van der Waals surface area contributed by atoms with E-state index < -0.39 is 0 Å². The highest BCUT2D eigenvalue weighted by molar-refractivity contribution is 6.17. The summed E-state index contributed by atoms with van der Waals surface area (Å²) in [6.07, 6.45) is 0. The third kappa shape index (κ3) is 18.1. The zero-order valence-corrected chi connectivity index (χ0v) is 61.7. The predicted molar refractivity (Wildman–Crippen MR) is 405 cm³/mol. The van der Waals surface area contributed by atoms with Gasteiger partial charge >= 0.3 is 0 Å². The lowest BCUT2D eigenvalue weighted by atomic mass is 9.83. The minimum atomic E-state index is -0.179. The van der Waals surface area contributed by atoms with Crippen LogP contribution in [0.5, 0.6) is 34.5 Å². The van der Waals surface area contributed by atoms with Gasteiger partial charge in [0.1, 0.15) is 41.1 Å². The Hall–Kier alpha value is -9.13. The number of halogens is 1. The van der Waals surface area contributed by atoms with Crippen molar-refractivity contribution >= 4 is 11.6 Å². The van der Waals surface area contributed by atoms with Gasteiger partial charge in [-0.2, -0.15) is 0 Å². The molecule has 2 heterocycles. The van der Waals surface area contributed by atoms with Crippen molar-refractivity contribution in [1.29, 1.82) is 0 Å². The molecular weight excluding hydrogens is 1240 g/mol. The number of alkyl halides is 1. The highest BCUT2D eigenvalue weighted by Gasteiger charge is 2.26. The minimum Gasteiger partial charge on any atom is -0.508 e. The highest BCUT2D eigenvalue weighted by atomic mass is 35.5. The summed E-state index contributed by atoms with van der Waals surface area (Å²) in [6.45, 7) is 46.9. The zero-order chi connectivity index (χ0) is 71.7. The molecular formula is C85H103ClN6O6. The SMILES string of the molecule is C.CC(C)(C)c1ccc(-c2nc(-c3ccc(C(C)(C)C)cc3)nc(-c3ccc(O)cc3O)n2)cc1.Cc1cc(C(C)(C)C)c(O)c(C)c1CCl.Cc1cc(C(C)(C)C)c(O)c(C)c1COc1ccc(-c2nc(-c3ccc(C(C)(C)C)cc3)nc(-c3ccc(C(C)(C)C)cc3)n2)c(O)c1. The smallest absolute Gasteiger partial charge is 0.167 e. The van der Waals surface area contributed by atoms with Crippen molar-refractivity contribution in [3.8, 4) is 103 Å². The van der Waals surface area contributed by atoms with Crippen LogP contribution in [0.25, 0.3) is 68.3 Å². The monoisotopic (exact) mass is 1340 g/mol. The van der Waals surface area contributed by atoms with Gasteiger partial charge in [0.15, 0.2) is 34.9 Å². The normalized spacial score (nSPS) is 12.0. The summed E-state index contributed by atoms with van der Waals surface area (Å²) in [5.41, 5.74) is 16.9. The molecule has 0 saturated carbocycles. The average molecular weight is 1340 g/mol. The maximum absolute atomic E-state index is 11.3. The van der Waals surface area contributed by atoms with Gasteiger partial charge in [-0.05, 0) is 151 Å². The van der Waals surface area contributed by atoms with Gasteiger partial charge < -0.3 is 30.3 Å². The summed E-state index contributed by atoms with van der Waals surface area (Å²) < 4.78 is 6.14. The number of rotatable bonds is 10. The number of hydrogen-bond donors (Lipinski definition) is 5. The van der Waals surface area contributed by atoms with Crippen LogP contribution >= 0.6 is 11.6 Å². The Labute approximate surface area is 588 Å². The Morgan fingerprint density at radius 3 is 0.908 bits per heavy atom. The molecule has 0 spiro atoms. The standard InChI is InChI=1S/C42H49N3O3.C29H31N3O2.C13H19ClO.CH4/c1-25-22-34(42(9,10)11)36(47)26(2)33(25)24-48-31-20-21-32(35(46)23-31)39-44-37(27-12-16-29(17-13-27)40(3,4)5)43-38(45-39)28-14-18-30(19-15-28)41(6,7)8;1-28(2,3)20-11-7-18(8-12-20)25-30-26(19-9-13-21(14-10-19)29(4,5)6)32-27(31-25)23-16-15-22(33)17-24(23)34;1-8-6-11(13(3,4)5)12(15)9(2)10(8)7-14;/h12-23,46-47H,24H2,1-11H3;7-17,33-34H,1-6H3;6,15H,7H2,1-5H3;1H4. The third-order valence-electron chi connectivity index (χ3n) is 17.7. The fourth-order valence-corrected chi connectivity index (χ4v) is 11.6. The molecule has 0 amide bonds. The molecule has 516 valence electrons. The molecule has 0 atom stereocenters. The van der Waals surface area contributed by atoms with Gasteiger partial charge in [0.25, 0.3) is 0 Å². The van der Waals surface area contributed by atoms with Crippen molar-refractivity contribution in [2.75, 3.05) is 0 Å². The lowest BCUT2D eigenvalue weighted by Gasteiger charge is -2.24. The van der Waals surface area contributed by atoms with Crippen molar-refractivity contribution < 1.29 is 30.3 Å². The predicted octanol–water partition coefficient (Wildman–Crippen LogP) is 21.9. The molecule has 0 fully saturated rings. The fraction of sp³-hybridized carbons (Fsp3) is 0.365. The van der Waals surface area contributed by atoms with Crippen LogP contribution in [0, 0.1) is 27.7 Å². The molecule has 2 aromatic heterocycles. The van der Waals surface area contributed by atoms with Gasteiger partial charge in [0, 0.05) is 40.3 Å². The first-order valence-corrected chi connectivity index (χ1v) is 33.7. The number of hydrogen-bond acceptors (Lipinski definition) is 12. The summed E-state index contributed by atoms with van der Waals surface area (Å²) in [7, 11) is 0. The van der Waals surface area contributed by atoms with Gasteiger partial charge in [0.05, 0.1) is 11.1 Å². The molecule has 10 aromatic rings. The number of aromatic nitrogens is 6. The lowest BCUT2D eigenvalue weighted by Crippen LogP contribution is -2.14. The molecule has 0 aliphatic carbocycles. The summed E-state index contributed by atoms with van der Waals surface area (Å²) in [5.74, 6) is 4.35. The fourth-order valence-electron chi connectivity index (χ4n) is 11.2. The molecule has 8 aromatic carbocycles. The Bertz CT molecular complexity index is 4290. The van der Waals surface area contributed by atoms with E-state index in [4.69, 9.17) is 36.3 Å². The molecule has 0 saturated heterocycles. The van der Waals surface area contributed by atoms with Gasteiger partial charge in [-0.3, -0.25) is 0 Å². The van der Waals surface area contributed by atoms with Gasteiger partial charge in [-0.1, -0.05) is 241 Å². The first-order valence-electron chi connectivity index (χ1n) is 33.2. The first kappa shape index (κ1) is 76.2. The maximum Gasteiger partial charge on any atom is 0.167 e. The van der Waals surface area contributed by atoms with Crippen molar-refractivity contribution in [3.63, 3.8) is 0 Å². The van der Waals surface area contributed by atoms with E-state index in [9.17, 15) is 25.5 Å². The average Bonchev–Trinajstić information content (AvgIpc) is 0.801. The van der Waals surface area contributed by atoms with Gasteiger partial charge in [-0.15, -0.1) is 11.6 Å². The minimum absolute atomic E-state index is 0. The van der Waals surface area contributed by atoms with Crippen LogP contribution in [0.3, 0.4) is 0 Å². The molecule has 0 aliphatic rings. The van der Waals surface area contributed by atoms with Crippen LogP contribution < -0.4 is 4.74 Å². The molecule has 10 rings (SSSR count). The molecule has 5 N–H and O–H groups in total. The molecule has 0 bridgehead atoms. The van der Waals surface area contributed by atoms with Crippen LogP contribution in [0.4, 0.5) is 0 Å². The Kier molecular flexibility index (Phi) is 23.0. The third-order valence-corrected chi connectivity index (χ3v) is 17.9. The number of benzene rings is 8. The second-order valence-electron chi connectivity index (χ2n) is 31.6. The topological polar surface area (TPSA) is 188 Å². The van der Waals surface area contributed by atoms with E-state index >= 15 is 0 Å². The van der Waals surface area contributed by atoms with Crippen LogP contribution in [0.1, 0.15) is 199 Å². The van der Waals surface area contributed by atoms with Crippen LogP contribution in [-0.2, 0) is 45.0 Å². The van der Waals surface area contributed by atoms with E-state index in [0.717, 1.165) is 66.8 Å². The van der Waals surface area contributed by atoms with Crippen LogP contribution in [0.2, 0.25) is 0 Å². The van der Waals surface area contributed by atoms with Gasteiger partial charge in [0.2, 0.25) is 0 Å². The zero-order valence-electron chi connectivity index (χ0n) is 61.0. The number of phenols is 5. The number of ether oxygens (including phenoxy) is 1. The van der Waals surface area contributed by atoms with Crippen molar-refractivity contribution in [2.24, 2.45) is 0 Å². The summed E-state index contributed by atoms with van der Waals surface area (Å²) in [4.78, 5) is 28.7. The lowest BCUT2D eigenvalue weighted by molar-refractivity contribution is 0.301. The van der Waals surface area contributed by atoms with Crippen molar-refractivity contribution in [3.05, 3.63) is 212 Å². The molecule has 13 heteroatoms. The van der Waals surface area contributed by atoms with Crippen molar-refractivity contribution in [1.82, 2.24) is 29.9 Å². The van der Waals surface area contributed by atoms with E-state index in [-0.39, 0.29) is 63.8 Å². The van der Waals surface area contributed by atoms with E-state index in [0.29, 0.717) is 69.2 Å². The first-order chi connectivity index (χ1) is 45.0. The Morgan fingerprint density at radius 1 is 0.337 bits per heavy atom. The van der Waals surface area contributed by atoms with Crippen molar-refractivity contribution in [2.45, 2.75) is 205 Å². The Balaban J connectivity index is 0.000000234. The largest absolute Gasteiger partial charge is 0.508 e. The maximum atomic E-state index is 11.3. The number of aromatic hydroxyl groups is 5. The molecule has 0 radical (unpaired) electrons. The Morgan fingerprint density at radius 2 is 0.622 bits per heavy atom. The number of aryl methyl sites for hydroxylation is 2. The molecule has 0 aliphatic heterocycles. The highest BCUT2D eigenvalue weighted by Crippen LogP contribution is 2.41. The van der Waals surface area contributed by atoms with Crippen LogP contribution in [-0.4, -0.2) is 55.4 Å². The summed E-state index contributed by atoms with van der Waals surface area (Å²) in [5, 5.41) is 52.5. The van der Waals surface area contributed by atoms with Gasteiger partial charge in [-0.25, -0.2) is 29.9 Å². The molecule has 0 unspecified atom stereocenters. The second-order valence-corrected chi connectivity index (χ2v) is 31.9. The summed E-state index contributed by atoms with van der Waals surface area (Å²) in [6, 6.07) is 46.7. The van der Waals surface area contributed by atoms with E-state index in [2.05, 4.69) is 183 Å². The summed E-state index contributed by atoms with van der Waals surface area (Å²) >= 11 is 5.86. The number of nitrogens with zero attached hydrogens (tertiary/aromatic N) is 6. The second kappa shape index (κ2) is 29.5. The van der Waals surface area contributed by atoms with Crippen LogP contribution in [0.15, 0.2) is 146 Å². The molecule has 98 heavy (non-hydrogen) atoms.